The van der Waals surface area contributed by atoms with E-state index in [1.165, 1.54) is 12.8 Å². The Bertz CT molecular complexity index is 408. The van der Waals surface area contributed by atoms with Crippen molar-refractivity contribution in [2.24, 2.45) is 0 Å². The van der Waals surface area contributed by atoms with E-state index < -0.39 is 0 Å². The standard InChI is InChI=1S/C12H17N3OS/c16-11(14-6-1-2-7-14)9-17-12-13-5-8-15(12)10-3-4-10/h5,8,10H,1-4,6-7,9H2. The molecule has 0 atom stereocenters. The van der Waals surface area contributed by atoms with Crippen LogP contribution in [0.5, 0.6) is 0 Å². The maximum atomic E-state index is 11.9. The summed E-state index contributed by atoms with van der Waals surface area (Å²) in [5.41, 5.74) is 0. The van der Waals surface area contributed by atoms with Crippen molar-refractivity contribution in [3.63, 3.8) is 0 Å². The number of hydrogen-bond acceptors (Lipinski definition) is 3. The fourth-order valence-electron chi connectivity index (χ4n) is 2.23. The minimum atomic E-state index is 0.262. The highest BCUT2D eigenvalue weighted by molar-refractivity contribution is 7.99. The van der Waals surface area contributed by atoms with Crippen LogP contribution < -0.4 is 0 Å². The molecule has 5 heteroatoms. The lowest BCUT2D eigenvalue weighted by molar-refractivity contribution is -0.127. The lowest BCUT2D eigenvalue weighted by atomic mass is 10.4. The summed E-state index contributed by atoms with van der Waals surface area (Å²) in [6.07, 6.45) is 8.69. The van der Waals surface area contributed by atoms with Gasteiger partial charge in [0.05, 0.1) is 5.75 Å². The van der Waals surface area contributed by atoms with Gasteiger partial charge in [0.1, 0.15) is 0 Å². The van der Waals surface area contributed by atoms with Crippen molar-refractivity contribution in [2.75, 3.05) is 18.8 Å². The molecule has 0 unspecified atom stereocenters. The van der Waals surface area contributed by atoms with Crippen molar-refractivity contribution in [3.8, 4) is 0 Å². The summed E-state index contributed by atoms with van der Waals surface area (Å²) in [5, 5.41) is 1.00. The average Bonchev–Trinajstić information content (AvgIpc) is 2.87. The second-order valence-electron chi connectivity index (χ2n) is 4.72. The number of thioether (sulfide) groups is 1. The Balaban J connectivity index is 1.55. The van der Waals surface area contributed by atoms with Crippen LogP contribution in [-0.4, -0.2) is 39.2 Å². The Labute approximate surface area is 105 Å². The number of imidazole rings is 1. The number of likely N-dealkylation sites (tertiary alicyclic amines) is 1. The number of carbonyl (C=O) groups is 1. The van der Waals surface area contributed by atoms with E-state index in [1.54, 1.807) is 11.8 Å². The van der Waals surface area contributed by atoms with Crippen molar-refractivity contribution in [2.45, 2.75) is 36.9 Å². The molecule has 1 saturated carbocycles. The molecule has 3 rings (SSSR count). The molecule has 0 N–H and O–H groups in total. The predicted octanol–water partition coefficient (Wildman–Crippen LogP) is 1.93. The molecule has 1 aromatic heterocycles. The van der Waals surface area contributed by atoms with Crippen molar-refractivity contribution < 1.29 is 4.79 Å². The molecule has 0 aromatic carbocycles. The molecule has 92 valence electrons. The minimum Gasteiger partial charge on any atom is -0.342 e. The van der Waals surface area contributed by atoms with Gasteiger partial charge in [-0.05, 0) is 25.7 Å². The van der Waals surface area contributed by atoms with Gasteiger partial charge in [0.15, 0.2) is 5.16 Å². The summed E-state index contributed by atoms with van der Waals surface area (Å²) in [6, 6.07) is 0.641. The summed E-state index contributed by atoms with van der Waals surface area (Å²) >= 11 is 1.58. The van der Waals surface area contributed by atoms with Gasteiger partial charge in [-0.1, -0.05) is 11.8 Å². The average molecular weight is 251 g/mol. The zero-order valence-electron chi connectivity index (χ0n) is 9.84. The first-order valence-corrected chi connectivity index (χ1v) is 7.26. The van der Waals surface area contributed by atoms with E-state index >= 15 is 0 Å². The van der Waals surface area contributed by atoms with Crippen molar-refractivity contribution in [3.05, 3.63) is 12.4 Å². The Hall–Kier alpha value is -0.970. The first-order chi connectivity index (χ1) is 8.34. The van der Waals surface area contributed by atoms with Crippen LogP contribution in [0.15, 0.2) is 17.6 Å². The third kappa shape index (κ3) is 2.49. The summed E-state index contributed by atoms with van der Waals surface area (Å²) in [6.45, 7) is 1.88. The molecule has 0 spiro atoms. The lowest BCUT2D eigenvalue weighted by Gasteiger charge is -2.14. The van der Waals surface area contributed by atoms with Gasteiger partial charge < -0.3 is 9.47 Å². The normalized spacial score (nSPS) is 19.9. The summed E-state index contributed by atoms with van der Waals surface area (Å²) < 4.78 is 2.21. The third-order valence-electron chi connectivity index (χ3n) is 3.36. The Morgan fingerprint density at radius 2 is 2.18 bits per heavy atom. The monoisotopic (exact) mass is 251 g/mol. The van der Waals surface area contributed by atoms with Crippen LogP contribution in [-0.2, 0) is 4.79 Å². The van der Waals surface area contributed by atoms with Crippen LogP contribution >= 0.6 is 11.8 Å². The quantitative estimate of drug-likeness (QED) is 0.767. The van der Waals surface area contributed by atoms with Gasteiger partial charge in [-0.3, -0.25) is 4.79 Å². The maximum Gasteiger partial charge on any atom is 0.233 e. The largest absolute Gasteiger partial charge is 0.342 e. The fourth-order valence-corrected chi connectivity index (χ4v) is 3.16. The van der Waals surface area contributed by atoms with Crippen LogP contribution in [0, 0.1) is 0 Å². The van der Waals surface area contributed by atoms with E-state index in [2.05, 4.69) is 9.55 Å². The molecule has 2 fully saturated rings. The van der Waals surface area contributed by atoms with Crippen molar-refractivity contribution in [1.82, 2.24) is 14.5 Å². The molecule has 4 nitrogen and oxygen atoms in total. The summed E-state index contributed by atoms with van der Waals surface area (Å²) in [4.78, 5) is 18.2. The summed E-state index contributed by atoms with van der Waals surface area (Å²) in [5.74, 6) is 0.793. The topological polar surface area (TPSA) is 38.1 Å². The smallest absolute Gasteiger partial charge is 0.233 e. The van der Waals surface area contributed by atoms with Crippen LogP contribution in [0.2, 0.25) is 0 Å². The van der Waals surface area contributed by atoms with Crippen LogP contribution in [0.25, 0.3) is 0 Å². The molecular weight excluding hydrogens is 234 g/mol. The SMILES string of the molecule is O=C(CSc1nccn1C1CC1)N1CCCC1. The lowest BCUT2D eigenvalue weighted by Crippen LogP contribution is -2.29. The molecule has 0 bridgehead atoms. The number of aromatic nitrogens is 2. The van der Waals surface area contributed by atoms with Gasteiger partial charge in [0.25, 0.3) is 0 Å². The number of rotatable bonds is 4. The van der Waals surface area contributed by atoms with Crippen LogP contribution in [0.3, 0.4) is 0 Å². The van der Waals surface area contributed by atoms with E-state index in [1.807, 2.05) is 17.3 Å². The van der Waals surface area contributed by atoms with Gasteiger partial charge in [0, 0.05) is 31.5 Å². The molecule has 1 saturated heterocycles. The Kier molecular flexibility index (Phi) is 3.09. The number of nitrogens with zero attached hydrogens (tertiary/aromatic N) is 3. The van der Waals surface area contributed by atoms with E-state index in [-0.39, 0.29) is 5.91 Å². The van der Waals surface area contributed by atoms with Gasteiger partial charge in [-0.25, -0.2) is 4.98 Å². The second-order valence-corrected chi connectivity index (χ2v) is 5.67. The molecule has 1 amide bonds. The fraction of sp³-hybridized carbons (Fsp3) is 0.667. The van der Waals surface area contributed by atoms with E-state index in [4.69, 9.17) is 0 Å². The number of carbonyl (C=O) groups excluding carboxylic acids is 1. The molecule has 2 heterocycles. The van der Waals surface area contributed by atoms with E-state index in [9.17, 15) is 4.79 Å². The maximum absolute atomic E-state index is 11.9. The highest BCUT2D eigenvalue weighted by atomic mass is 32.2. The highest BCUT2D eigenvalue weighted by Crippen LogP contribution is 2.37. The van der Waals surface area contributed by atoms with Crippen molar-refractivity contribution >= 4 is 17.7 Å². The third-order valence-corrected chi connectivity index (χ3v) is 4.32. The molecule has 2 aliphatic rings. The van der Waals surface area contributed by atoms with Crippen LogP contribution in [0.1, 0.15) is 31.7 Å². The predicted molar refractivity (Wildman–Crippen MR) is 67.0 cm³/mol. The summed E-state index contributed by atoms with van der Waals surface area (Å²) in [7, 11) is 0. The molecule has 1 aliphatic carbocycles. The second kappa shape index (κ2) is 4.72. The van der Waals surface area contributed by atoms with Gasteiger partial charge in [-0.15, -0.1) is 0 Å². The van der Waals surface area contributed by atoms with Gasteiger partial charge >= 0.3 is 0 Å². The molecule has 1 aliphatic heterocycles. The van der Waals surface area contributed by atoms with E-state index in [0.29, 0.717) is 11.8 Å². The number of hydrogen-bond donors (Lipinski definition) is 0. The number of amides is 1. The molecule has 17 heavy (non-hydrogen) atoms. The zero-order valence-corrected chi connectivity index (χ0v) is 10.7. The first kappa shape index (κ1) is 11.1. The molecule has 0 radical (unpaired) electrons. The van der Waals surface area contributed by atoms with Gasteiger partial charge in [-0.2, -0.15) is 0 Å². The zero-order chi connectivity index (χ0) is 11.7. The van der Waals surface area contributed by atoms with Crippen molar-refractivity contribution in [1.29, 1.82) is 0 Å². The van der Waals surface area contributed by atoms with Crippen LogP contribution in [0.4, 0.5) is 0 Å². The first-order valence-electron chi connectivity index (χ1n) is 6.28. The van der Waals surface area contributed by atoms with Gasteiger partial charge in [0.2, 0.25) is 5.91 Å². The Morgan fingerprint density at radius 1 is 1.41 bits per heavy atom. The molecular formula is C12H17N3OS. The molecule has 1 aromatic rings. The van der Waals surface area contributed by atoms with E-state index in [0.717, 1.165) is 31.1 Å². The Morgan fingerprint density at radius 3 is 2.88 bits per heavy atom. The highest BCUT2D eigenvalue weighted by Gasteiger charge is 2.26. The minimum absolute atomic E-state index is 0.262.